The van der Waals surface area contributed by atoms with E-state index >= 15 is 0 Å². The molecule has 2 atom stereocenters. The Balaban J connectivity index is 4.02. The van der Waals surface area contributed by atoms with Crippen molar-refractivity contribution in [1.29, 1.82) is 0 Å². The highest BCUT2D eigenvalue weighted by atomic mass is 32.1. The van der Waals surface area contributed by atoms with Crippen LogP contribution in [0, 0.1) is 5.92 Å². The third kappa shape index (κ3) is 5.55. The molecule has 2 nitrogen and oxygen atoms in total. The highest BCUT2D eigenvalue weighted by Crippen LogP contribution is 2.13. The van der Waals surface area contributed by atoms with E-state index in [1.807, 2.05) is 0 Å². The van der Waals surface area contributed by atoms with Gasteiger partial charge in [-0.3, -0.25) is 0 Å². The maximum atomic E-state index is 5.54. The second-order valence-corrected chi connectivity index (χ2v) is 5.19. The molecule has 0 saturated carbocycles. The summed E-state index contributed by atoms with van der Waals surface area (Å²) in [4.78, 5) is 2.97. The lowest BCUT2D eigenvalue weighted by Crippen LogP contribution is -2.39. The Morgan fingerprint density at radius 1 is 1.21 bits per heavy atom. The molecule has 0 spiro atoms. The molecule has 0 amide bonds. The Labute approximate surface area is 93.8 Å². The number of nitrogens with two attached hydrogens (primary N) is 1. The standard InChI is InChI=1S/C11H24N2S/c1-8(2)6-9(3)13(5)10(4)7-11(12)14/h8-10H,6-7H2,1-5H3,(H2,12,14). The molecule has 0 bridgehead atoms. The first-order valence-corrected chi connectivity index (χ1v) is 5.75. The van der Waals surface area contributed by atoms with Gasteiger partial charge >= 0.3 is 0 Å². The van der Waals surface area contributed by atoms with Crippen molar-refractivity contribution in [3.8, 4) is 0 Å². The summed E-state index contributed by atoms with van der Waals surface area (Å²) in [6.45, 7) is 8.94. The molecule has 0 saturated heterocycles. The molecule has 2 unspecified atom stereocenters. The summed E-state index contributed by atoms with van der Waals surface area (Å²) in [5, 5.41) is 0. The van der Waals surface area contributed by atoms with E-state index in [9.17, 15) is 0 Å². The Kier molecular flexibility index (Phi) is 6.29. The maximum absolute atomic E-state index is 5.54. The topological polar surface area (TPSA) is 29.3 Å². The van der Waals surface area contributed by atoms with Gasteiger partial charge in [0.05, 0.1) is 4.99 Å². The van der Waals surface area contributed by atoms with Crippen molar-refractivity contribution >= 4 is 17.2 Å². The second kappa shape index (κ2) is 6.36. The van der Waals surface area contributed by atoms with E-state index in [2.05, 4.69) is 39.6 Å². The molecule has 84 valence electrons. The normalized spacial score (nSPS) is 15.9. The van der Waals surface area contributed by atoms with Crippen molar-refractivity contribution in [3.05, 3.63) is 0 Å². The van der Waals surface area contributed by atoms with Crippen LogP contribution in [0.1, 0.15) is 40.5 Å². The molecular formula is C11H24N2S. The smallest absolute Gasteiger partial charge is 0.0742 e. The van der Waals surface area contributed by atoms with E-state index in [-0.39, 0.29) is 0 Å². The Bertz CT molecular complexity index is 180. The van der Waals surface area contributed by atoms with Gasteiger partial charge in [-0.15, -0.1) is 0 Å². The van der Waals surface area contributed by atoms with Crippen molar-refractivity contribution < 1.29 is 0 Å². The van der Waals surface area contributed by atoms with Crippen LogP contribution in [0.25, 0.3) is 0 Å². The van der Waals surface area contributed by atoms with Gasteiger partial charge in [0.25, 0.3) is 0 Å². The van der Waals surface area contributed by atoms with E-state index in [1.54, 1.807) is 0 Å². The molecule has 0 aliphatic rings. The average Bonchev–Trinajstić information content (AvgIpc) is 2.00. The predicted molar refractivity (Wildman–Crippen MR) is 67.5 cm³/mol. The molecular weight excluding hydrogens is 192 g/mol. The van der Waals surface area contributed by atoms with E-state index in [1.165, 1.54) is 6.42 Å². The molecule has 0 aliphatic heterocycles. The van der Waals surface area contributed by atoms with E-state index in [4.69, 9.17) is 18.0 Å². The SMILES string of the molecule is CC(C)CC(C)N(C)C(C)CC(N)=S. The number of hydrogen-bond acceptors (Lipinski definition) is 2. The van der Waals surface area contributed by atoms with Crippen LogP contribution in [0.5, 0.6) is 0 Å². The summed E-state index contributed by atoms with van der Waals surface area (Å²) in [7, 11) is 2.15. The zero-order valence-corrected chi connectivity index (χ0v) is 10.9. The van der Waals surface area contributed by atoms with Crippen LogP contribution in [0.2, 0.25) is 0 Å². The van der Waals surface area contributed by atoms with Crippen LogP contribution in [0.15, 0.2) is 0 Å². The lowest BCUT2D eigenvalue weighted by Gasteiger charge is -2.31. The van der Waals surface area contributed by atoms with Gasteiger partial charge < -0.3 is 10.6 Å². The summed E-state index contributed by atoms with van der Waals surface area (Å²) in [6, 6.07) is 1.04. The molecule has 3 heteroatoms. The van der Waals surface area contributed by atoms with E-state index in [0.29, 0.717) is 17.1 Å². The van der Waals surface area contributed by atoms with Gasteiger partial charge in [-0.2, -0.15) is 0 Å². The number of thiocarbonyl (C=S) groups is 1. The Hall–Kier alpha value is -0.150. The lowest BCUT2D eigenvalue weighted by atomic mass is 10.0. The van der Waals surface area contributed by atoms with Gasteiger partial charge in [0.15, 0.2) is 0 Å². The van der Waals surface area contributed by atoms with Crippen molar-refractivity contribution in [2.24, 2.45) is 11.7 Å². The summed E-state index contributed by atoms with van der Waals surface area (Å²) < 4.78 is 0. The Morgan fingerprint density at radius 3 is 2.07 bits per heavy atom. The minimum Gasteiger partial charge on any atom is -0.393 e. The molecule has 0 aliphatic carbocycles. The van der Waals surface area contributed by atoms with Gasteiger partial charge in [0.1, 0.15) is 0 Å². The molecule has 0 aromatic heterocycles. The monoisotopic (exact) mass is 216 g/mol. The van der Waals surface area contributed by atoms with Crippen LogP contribution in [0.3, 0.4) is 0 Å². The zero-order valence-electron chi connectivity index (χ0n) is 10.1. The van der Waals surface area contributed by atoms with Crippen molar-refractivity contribution in [1.82, 2.24) is 4.90 Å². The highest BCUT2D eigenvalue weighted by Gasteiger charge is 2.17. The summed E-state index contributed by atoms with van der Waals surface area (Å²) >= 11 is 4.92. The number of hydrogen-bond donors (Lipinski definition) is 1. The number of rotatable bonds is 6. The van der Waals surface area contributed by atoms with Gasteiger partial charge in [-0.05, 0) is 33.2 Å². The first-order valence-electron chi connectivity index (χ1n) is 5.34. The van der Waals surface area contributed by atoms with Crippen LogP contribution in [0.4, 0.5) is 0 Å². The maximum Gasteiger partial charge on any atom is 0.0742 e. The molecule has 0 radical (unpaired) electrons. The molecule has 0 aromatic carbocycles. The average molecular weight is 216 g/mol. The molecule has 0 fully saturated rings. The fraction of sp³-hybridized carbons (Fsp3) is 0.909. The quantitative estimate of drug-likeness (QED) is 0.691. The molecule has 0 heterocycles. The fourth-order valence-corrected chi connectivity index (χ4v) is 1.96. The van der Waals surface area contributed by atoms with Crippen molar-refractivity contribution in [2.75, 3.05) is 7.05 Å². The fourth-order valence-electron chi connectivity index (χ4n) is 1.72. The molecule has 2 N–H and O–H groups in total. The van der Waals surface area contributed by atoms with Crippen LogP contribution in [-0.2, 0) is 0 Å². The second-order valence-electron chi connectivity index (χ2n) is 4.66. The van der Waals surface area contributed by atoms with Crippen molar-refractivity contribution in [3.63, 3.8) is 0 Å². The number of nitrogens with zero attached hydrogens (tertiary/aromatic N) is 1. The third-order valence-electron chi connectivity index (χ3n) is 2.70. The first-order chi connectivity index (χ1) is 6.34. The minimum atomic E-state index is 0.446. The summed E-state index contributed by atoms with van der Waals surface area (Å²) in [6.07, 6.45) is 2.03. The molecule has 0 rings (SSSR count). The van der Waals surface area contributed by atoms with Gasteiger partial charge in [0.2, 0.25) is 0 Å². The minimum absolute atomic E-state index is 0.446. The first kappa shape index (κ1) is 13.8. The lowest BCUT2D eigenvalue weighted by molar-refractivity contribution is 0.179. The van der Waals surface area contributed by atoms with Gasteiger partial charge in [-0.1, -0.05) is 26.1 Å². The van der Waals surface area contributed by atoms with Crippen LogP contribution >= 0.6 is 12.2 Å². The third-order valence-corrected chi connectivity index (χ3v) is 2.87. The zero-order chi connectivity index (χ0) is 11.3. The summed E-state index contributed by atoms with van der Waals surface area (Å²) in [5.74, 6) is 0.740. The van der Waals surface area contributed by atoms with Gasteiger partial charge in [-0.25, -0.2) is 0 Å². The predicted octanol–water partition coefficient (Wildman–Crippen LogP) is 2.42. The molecule has 14 heavy (non-hydrogen) atoms. The van der Waals surface area contributed by atoms with E-state index < -0.39 is 0 Å². The highest BCUT2D eigenvalue weighted by molar-refractivity contribution is 7.80. The van der Waals surface area contributed by atoms with Crippen LogP contribution < -0.4 is 5.73 Å². The van der Waals surface area contributed by atoms with E-state index in [0.717, 1.165) is 12.3 Å². The molecule has 0 aromatic rings. The largest absolute Gasteiger partial charge is 0.393 e. The van der Waals surface area contributed by atoms with Crippen LogP contribution in [-0.4, -0.2) is 29.0 Å². The Morgan fingerprint density at radius 2 is 1.71 bits per heavy atom. The summed E-state index contributed by atoms with van der Waals surface area (Å²) in [5.41, 5.74) is 5.54. The van der Waals surface area contributed by atoms with Crippen molar-refractivity contribution in [2.45, 2.75) is 52.6 Å². The van der Waals surface area contributed by atoms with Gasteiger partial charge in [0, 0.05) is 18.5 Å².